The van der Waals surface area contributed by atoms with Crippen molar-refractivity contribution in [3.05, 3.63) is 62.8 Å². The highest BCUT2D eigenvalue weighted by molar-refractivity contribution is 7.17. The van der Waals surface area contributed by atoms with Gasteiger partial charge in [0.25, 0.3) is 0 Å². The molecule has 1 aromatic carbocycles. The third kappa shape index (κ3) is 3.47. The van der Waals surface area contributed by atoms with Gasteiger partial charge in [-0.15, -0.1) is 11.3 Å². The molecule has 0 aliphatic rings. The summed E-state index contributed by atoms with van der Waals surface area (Å²) in [6.45, 7) is 1.99. The van der Waals surface area contributed by atoms with Crippen molar-refractivity contribution in [1.29, 1.82) is 5.26 Å². The van der Waals surface area contributed by atoms with Crippen molar-refractivity contribution in [2.75, 3.05) is 0 Å². The Morgan fingerprint density at radius 3 is 2.74 bits per heavy atom. The van der Waals surface area contributed by atoms with Crippen molar-refractivity contribution in [3.8, 4) is 16.6 Å². The first-order valence-electron chi connectivity index (χ1n) is 6.83. The summed E-state index contributed by atoms with van der Waals surface area (Å²) in [5, 5.41) is 13.6. The molecule has 0 bridgehead atoms. The molecule has 0 saturated carbocycles. The number of benzene rings is 1. The first kappa shape index (κ1) is 15.4. The highest BCUT2D eigenvalue weighted by atomic mass is 32.1. The molecule has 6 heteroatoms. The van der Waals surface area contributed by atoms with Gasteiger partial charge in [0.1, 0.15) is 16.5 Å². The molecule has 0 radical (unpaired) electrons. The van der Waals surface area contributed by atoms with Gasteiger partial charge in [-0.05, 0) is 36.1 Å². The van der Waals surface area contributed by atoms with Crippen molar-refractivity contribution in [3.63, 3.8) is 0 Å². The summed E-state index contributed by atoms with van der Waals surface area (Å²) < 4.78 is 5.35. The third-order valence-corrected chi connectivity index (χ3v) is 5.07. The van der Waals surface area contributed by atoms with Crippen LogP contribution >= 0.6 is 22.7 Å². The number of aromatic nitrogens is 1. The Hall–Kier alpha value is -2.49. The van der Waals surface area contributed by atoms with Crippen LogP contribution in [0.25, 0.3) is 10.6 Å². The Kier molecular flexibility index (Phi) is 4.51. The van der Waals surface area contributed by atoms with E-state index >= 15 is 0 Å². The predicted molar refractivity (Wildman–Crippen MR) is 90.4 cm³/mol. The summed E-state index contributed by atoms with van der Waals surface area (Å²) >= 11 is 2.94. The lowest BCUT2D eigenvalue weighted by Crippen LogP contribution is -2.04. The van der Waals surface area contributed by atoms with E-state index in [2.05, 4.69) is 11.1 Å². The molecular formula is C17H12N2O2S2. The minimum absolute atomic E-state index is 0.176. The van der Waals surface area contributed by atoms with Crippen LogP contribution in [-0.2, 0) is 11.3 Å². The zero-order chi connectivity index (χ0) is 16.2. The predicted octanol–water partition coefficient (Wildman–Crippen LogP) is 4.41. The van der Waals surface area contributed by atoms with Crippen LogP contribution in [-0.4, -0.2) is 11.0 Å². The summed E-state index contributed by atoms with van der Waals surface area (Å²) in [4.78, 5) is 17.2. The van der Waals surface area contributed by atoms with Gasteiger partial charge in [-0.3, -0.25) is 0 Å². The molecule has 0 aliphatic heterocycles. The SMILES string of the molecule is Cc1nc(-c2ccsc2)sc1C(=O)OCc1ccc(C#N)cc1. The smallest absolute Gasteiger partial charge is 0.350 e. The lowest BCUT2D eigenvalue weighted by Gasteiger charge is -2.03. The van der Waals surface area contributed by atoms with Crippen molar-refractivity contribution in [1.82, 2.24) is 4.98 Å². The number of ether oxygens (including phenoxy) is 1. The lowest BCUT2D eigenvalue weighted by molar-refractivity contribution is 0.0477. The summed E-state index contributed by atoms with van der Waals surface area (Å²) in [5.41, 5.74) is 3.13. The van der Waals surface area contributed by atoms with Crippen molar-refractivity contribution >= 4 is 28.6 Å². The molecule has 3 aromatic rings. The molecule has 2 aromatic heterocycles. The average Bonchev–Trinajstić information content (AvgIpc) is 3.22. The quantitative estimate of drug-likeness (QED) is 0.660. The van der Waals surface area contributed by atoms with E-state index in [9.17, 15) is 4.79 Å². The molecule has 23 heavy (non-hydrogen) atoms. The van der Waals surface area contributed by atoms with E-state index in [1.54, 1.807) is 35.6 Å². The fourth-order valence-corrected chi connectivity index (χ4v) is 3.66. The Balaban J connectivity index is 1.69. The molecule has 0 unspecified atom stereocenters. The monoisotopic (exact) mass is 340 g/mol. The molecule has 114 valence electrons. The summed E-state index contributed by atoms with van der Waals surface area (Å²) in [7, 11) is 0. The molecule has 0 saturated heterocycles. The maximum absolute atomic E-state index is 12.2. The maximum atomic E-state index is 12.2. The van der Waals surface area contributed by atoms with Gasteiger partial charge in [-0.2, -0.15) is 16.6 Å². The van der Waals surface area contributed by atoms with Gasteiger partial charge in [0.2, 0.25) is 0 Å². The second-order valence-corrected chi connectivity index (χ2v) is 6.61. The second-order valence-electron chi connectivity index (χ2n) is 4.83. The Labute approximate surface area is 141 Å². The molecule has 0 atom stereocenters. The fraction of sp³-hybridized carbons (Fsp3) is 0.118. The number of carbonyl (C=O) groups excluding carboxylic acids is 1. The highest BCUT2D eigenvalue weighted by Crippen LogP contribution is 2.29. The van der Waals surface area contributed by atoms with E-state index in [4.69, 9.17) is 10.00 Å². The number of rotatable bonds is 4. The zero-order valence-electron chi connectivity index (χ0n) is 12.3. The van der Waals surface area contributed by atoms with Crippen LogP contribution in [0.15, 0.2) is 41.1 Å². The Morgan fingerprint density at radius 1 is 1.30 bits per heavy atom. The standard InChI is InChI=1S/C17H12N2O2S2/c1-11-15(23-16(19-11)14-6-7-22-10-14)17(20)21-9-13-4-2-12(8-18)3-5-13/h2-7,10H,9H2,1H3. The molecule has 0 N–H and O–H groups in total. The molecule has 0 aliphatic carbocycles. The summed E-state index contributed by atoms with van der Waals surface area (Å²) in [5.74, 6) is -0.370. The van der Waals surface area contributed by atoms with Crippen LogP contribution < -0.4 is 0 Å². The van der Waals surface area contributed by atoms with E-state index < -0.39 is 0 Å². The largest absolute Gasteiger partial charge is 0.457 e. The van der Waals surface area contributed by atoms with Gasteiger partial charge in [0.15, 0.2) is 0 Å². The van der Waals surface area contributed by atoms with Crippen molar-refractivity contribution in [2.45, 2.75) is 13.5 Å². The molecule has 0 spiro atoms. The van der Waals surface area contributed by atoms with E-state index in [1.807, 2.05) is 23.8 Å². The van der Waals surface area contributed by atoms with Crippen LogP contribution in [0.5, 0.6) is 0 Å². The Morgan fingerprint density at radius 2 is 2.09 bits per heavy atom. The van der Waals surface area contributed by atoms with Crippen LogP contribution in [0.4, 0.5) is 0 Å². The van der Waals surface area contributed by atoms with Crippen LogP contribution in [0, 0.1) is 18.3 Å². The number of hydrogen-bond donors (Lipinski definition) is 0. The summed E-state index contributed by atoms with van der Waals surface area (Å²) in [6.07, 6.45) is 0. The Bertz CT molecular complexity index is 859. The number of thiazole rings is 1. The number of hydrogen-bond acceptors (Lipinski definition) is 6. The maximum Gasteiger partial charge on any atom is 0.350 e. The van der Waals surface area contributed by atoms with Crippen molar-refractivity contribution in [2.24, 2.45) is 0 Å². The molecule has 0 fully saturated rings. The lowest BCUT2D eigenvalue weighted by atomic mass is 10.2. The molecular weight excluding hydrogens is 328 g/mol. The summed E-state index contributed by atoms with van der Waals surface area (Å²) in [6, 6.07) is 11.0. The number of carbonyl (C=O) groups is 1. The average molecular weight is 340 g/mol. The minimum atomic E-state index is -0.370. The first-order valence-corrected chi connectivity index (χ1v) is 8.59. The fourth-order valence-electron chi connectivity index (χ4n) is 1.99. The van der Waals surface area contributed by atoms with Crippen LogP contribution in [0.1, 0.15) is 26.5 Å². The van der Waals surface area contributed by atoms with E-state index in [0.717, 1.165) is 16.1 Å². The van der Waals surface area contributed by atoms with E-state index in [0.29, 0.717) is 16.1 Å². The third-order valence-electron chi connectivity index (χ3n) is 3.20. The van der Waals surface area contributed by atoms with Gasteiger partial charge in [0, 0.05) is 10.9 Å². The van der Waals surface area contributed by atoms with Crippen LogP contribution in [0.2, 0.25) is 0 Å². The number of aryl methyl sites for hydroxylation is 1. The van der Waals surface area contributed by atoms with Crippen LogP contribution in [0.3, 0.4) is 0 Å². The second kappa shape index (κ2) is 6.73. The van der Waals surface area contributed by atoms with Gasteiger partial charge in [0.05, 0.1) is 17.3 Å². The topological polar surface area (TPSA) is 63.0 Å². The molecule has 0 amide bonds. The van der Waals surface area contributed by atoms with Gasteiger partial charge in [-0.25, -0.2) is 9.78 Å². The number of esters is 1. The van der Waals surface area contributed by atoms with Crippen molar-refractivity contribution < 1.29 is 9.53 Å². The van der Waals surface area contributed by atoms with Gasteiger partial charge in [-0.1, -0.05) is 12.1 Å². The number of thiophene rings is 1. The number of nitrogens with zero attached hydrogens (tertiary/aromatic N) is 2. The highest BCUT2D eigenvalue weighted by Gasteiger charge is 2.17. The van der Waals surface area contributed by atoms with E-state index in [-0.39, 0.29) is 12.6 Å². The zero-order valence-corrected chi connectivity index (χ0v) is 13.9. The minimum Gasteiger partial charge on any atom is -0.457 e. The molecule has 4 nitrogen and oxygen atoms in total. The van der Waals surface area contributed by atoms with Gasteiger partial charge >= 0.3 is 5.97 Å². The number of nitriles is 1. The van der Waals surface area contributed by atoms with E-state index in [1.165, 1.54) is 11.3 Å². The molecule has 3 rings (SSSR count). The molecule has 2 heterocycles. The first-order chi connectivity index (χ1) is 11.2. The normalized spacial score (nSPS) is 10.3. The van der Waals surface area contributed by atoms with Gasteiger partial charge < -0.3 is 4.74 Å².